The quantitative estimate of drug-likeness (QED) is 0.807. The molecule has 0 saturated carbocycles. The molecule has 0 spiro atoms. The number of benzene rings is 1. The monoisotopic (exact) mass is 354 g/mol. The minimum absolute atomic E-state index is 0.0597. The van der Waals surface area contributed by atoms with Gasteiger partial charge in [-0.3, -0.25) is 4.79 Å². The van der Waals surface area contributed by atoms with E-state index in [1.807, 2.05) is 13.0 Å². The zero-order valence-corrected chi connectivity index (χ0v) is 15.4. The number of carbonyl (C=O) groups excluding carboxylic acids is 1. The second kappa shape index (κ2) is 8.09. The van der Waals surface area contributed by atoms with Gasteiger partial charge in [-0.05, 0) is 43.9 Å². The van der Waals surface area contributed by atoms with Crippen molar-refractivity contribution in [2.45, 2.75) is 44.6 Å². The molecule has 0 bridgehead atoms. The van der Waals surface area contributed by atoms with Crippen molar-refractivity contribution in [3.8, 4) is 0 Å². The van der Waals surface area contributed by atoms with Crippen LogP contribution in [0.2, 0.25) is 0 Å². The molecule has 1 amide bonds. The SMILES string of the molecule is CC(=O)N(CCNS(=O)(=O)c1cc(C)ccc1C)CC1CCCO1. The summed E-state index contributed by atoms with van der Waals surface area (Å²) in [5, 5.41) is 0. The standard InChI is InChI=1S/C17H26N2O4S/c1-13-6-7-14(2)17(11-13)24(21,22)18-8-9-19(15(3)20)12-16-5-4-10-23-16/h6-7,11,16,18H,4-5,8-10,12H2,1-3H3. The smallest absolute Gasteiger partial charge is 0.240 e. The highest BCUT2D eigenvalue weighted by Crippen LogP contribution is 2.16. The summed E-state index contributed by atoms with van der Waals surface area (Å²) in [5.74, 6) is -0.0727. The van der Waals surface area contributed by atoms with Crippen LogP contribution in [0.3, 0.4) is 0 Å². The van der Waals surface area contributed by atoms with Gasteiger partial charge >= 0.3 is 0 Å². The average Bonchev–Trinajstić information content (AvgIpc) is 3.01. The number of amides is 1. The summed E-state index contributed by atoms with van der Waals surface area (Å²) in [6.07, 6.45) is 2.01. The van der Waals surface area contributed by atoms with Gasteiger partial charge in [-0.15, -0.1) is 0 Å². The lowest BCUT2D eigenvalue weighted by atomic mass is 10.2. The fourth-order valence-electron chi connectivity index (χ4n) is 2.80. The van der Waals surface area contributed by atoms with Gasteiger partial charge in [0, 0.05) is 33.2 Å². The van der Waals surface area contributed by atoms with Crippen molar-refractivity contribution < 1.29 is 17.9 Å². The van der Waals surface area contributed by atoms with Crippen LogP contribution in [0, 0.1) is 13.8 Å². The van der Waals surface area contributed by atoms with Crippen LogP contribution in [0.5, 0.6) is 0 Å². The van der Waals surface area contributed by atoms with Crippen LogP contribution < -0.4 is 4.72 Å². The van der Waals surface area contributed by atoms with Crippen molar-refractivity contribution in [1.29, 1.82) is 0 Å². The maximum atomic E-state index is 12.5. The summed E-state index contributed by atoms with van der Waals surface area (Å²) >= 11 is 0. The number of hydrogen-bond acceptors (Lipinski definition) is 4. The van der Waals surface area contributed by atoms with E-state index < -0.39 is 10.0 Å². The number of sulfonamides is 1. The van der Waals surface area contributed by atoms with E-state index in [2.05, 4.69) is 4.72 Å². The Morgan fingerprint density at radius 1 is 1.38 bits per heavy atom. The van der Waals surface area contributed by atoms with E-state index in [-0.39, 0.29) is 23.5 Å². The van der Waals surface area contributed by atoms with Crippen molar-refractivity contribution in [1.82, 2.24) is 9.62 Å². The molecule has 1 unspecified atom stereocenters. The minimum atomic E-state index is -3.58. The van der Waals surface area contributed by atoms with Gasteiger partial charge in [0.1, 0.15) is 0 Å². The Kier molecular flexibility index (Phi) is 6.37. The molecule has 134 valence electrons. The molecule has 1 N–H and O–H groups in total. The third-order valence-electron chi connectivity index (χ3n) is 4.20. The summed E-state index contributed by atoms with van der Waals surface area (Å²) in [6, 6.07) is 5.34. The molecule has 1 aliphatic heterocycles. The number of ether oxygens (including phenoxy) is 1. The number of hydrogen-bond donors (Lipinski definition) is 1. The Balaban J connectivity index is 1.95. The summed E-state index contributed by atoms with van der Waals surface area (Å²) in [5.41, 5.74) is 1.60. The van der Waals surface area contributed by atoms with Crippen LogP contribution in [-0.4, -0.2) is 51.6 Å². The zero-order chi connectivity index (χ0) is 17.7. The fourth-order valence-corrected chi connectivity index (χ4v) is 4.15. The molecule has 1 aliphatic rings. The van der Waals surface area contributed by atoms with Crippen molar-refractivity contribution in [3.63, 3.8) is 0 Å². The molecule has 1 fully saturated rings. The molecule has 1 aromatic rings. The molecule has 1 heterocycles. The zero-order valence-electron chi connectivity index (χ0n) is 14.5. The molecule has 0 aliphatic carbocycles. The highest BCUT2D eigenvalue weighted by atomic mass is 32.2. The van der Waals surface area contributed by atoms with Gasteiger partial charge in [-0.25, -0.2) is 13.1 Å². The Morgan fingerprint density at radius 2 is 2.12 bits per heavy atom. The number of nitrogens with one attached hydrogen (secondary N) is 1. The average molecular weight is 354 g/mol. The third kappa shape index (κ3) is 5.03. The van der Waals surface area contributed by atoms with Crippen molar-refractivity contribution in [3.05, 3.63) is 29.3 Å². The molecular formula is C17H26N2O4S. The van der Waals surface area contributed by atoms with Gasteiger partial charge in [0.25, 0.3) is 0 Å². The minimum Gasteiger partial charge on any atom is -0.376 e. The van der Waals surface area contributed by atoms with E-state index in [0.29, 0.717) is 18.7 Å². The summed E-state index contributed by atoms with van der Waals surface area (Å²) in [6.45, 7) is 6.89. The fraction of sp³-hybridized carbons (Fsp3) is 0.588. The summed E-state index contributed by atoms with van der Waals surface area (Å²) in [4.78, 5) is 13.7. The van der Waals surface area contributed by atoms with Crippen LogP contribution in [0.15, 0.2) is 23.1 Å². The first kappa shape index (κ1) is 18.9. The van der Waals surface area contributed by atoms with E-state index >= 15 is 0 Å². The van der Waals surface area contributed by atoms with Crippen LogP contribution in [0.1, 0.15) is 30.9 Å². The predicted octanol–water partition coefficient (Wildman–Crippen LogP) is 1.61. The van der Waals surface area contributed by atoms with Gasteiger partial charge in [0.15, 0.2) is 0 Å². The number of aryl methyl sites for hydroxylation is 2. The van der Waals surface area contributed by atoms with Gasteiger partial charge < -0.3 is 9.64 Å². The van der Waals surface area contributed by atoms with Crippen LogP contribution in [-0.2, 0) is 19.6 Å². The van der Waals surface area contributed by atoms with E-state index in [4.69, 9.17) is 4.74 Å². The molecule has 0 aromatic heterocycles. The second-order valence-electron chi connectivity index (χ2n) is 6.27. The van der Waals surface area contributed by atoms with Crippen molar-refractivity contribution in [2.24, 2.45) is 0 Å². The van der Waals surface area contributed by atoms with E-state index in [1.54, 1.807) is 24.0 Å². The van der Waals surface area contributed by atoms with E-state index in [1.165, 1.54) is 6.92 Å². The Bertz CT molecular complexity index is 682. The molecule has 0 radical (unpaired) electrons. The normalized spacial score (nSPS) is 17.9. The molecular weight excluding hydrogens is 328 g/mol. The molecule has 7 heteroatoms. The first-order valence-electron chi connectivity index (χ1n) is 8.23. The van der Waals surface area contributed by atoms with Gasteiger partial charge in [0.05, 0.1) is 11.0 Å². The number of carbonyl (C=O) groups is 1. The molecule has 1 aromatic carbocycles. The lowest BCUT2D eigenvalue weighted by Gasteiger charge is -2.24. The topological polar surface area (TPSA) is 75.7 Å². The lowest BCUT2D eigenvalue weighted by Crippen LogP contribution is -2.41. The summed E-state index contributed by atoms with van der Waals surface area (Å²) < 4.78 is 33.1. The highest BCUT2D eigenvalue weighted by molar-refractivity contribution is 7.89. The first-order chi connectivity index (χ1) is 11.3. The molecule has 2 rings (SSSR count). The van der Waals surface area contributed by atoms with Gasteiger partial charge in [-0.2, -0.15) is 0 Å². The van der Waals surface area contributed by atoms with Crippen molar-refractivity contribution >= 4 is 15.9 Å². The Morgan fingerprint density at radius 3 is 2.75 bits per heavy atom. The molecule has 24 heavy (non-hydrogen) atoms. The number of rotatable bonds is 7. The summed E-state index contributed by atoms with van der Waals surface area (Å²) in [7, 11) is -3.58. The maximum Gasteiger partial charge on any atom is 0.240 e. The van der Waals surface area contributed by atoms with E-state index in [0.717, 1.165) is 25.0 Å². The van der Waals surface area contributed by atoms with Crippen LogP contribution >= 0.6 is 0 Å². The number of nitrogens with zero attached hydrogens (tertiary/aromatic N) is 1. The highest BCUT2D eigenvalue weighted by Gasteiger charge is 2.22. The van der Waals surface area contributed by atoms with E-state index in [9.17, 15) is 13.2 Å². The second-order valence-corrected chi connectivity index (χ2v) is 8.00. The lowest BCUT2D eigenvalue weighted by molar-refractivity contribution is -0.130. The molecule has 6 nitrogen and oxygen atoms in total. The Hall–Kier alpha value is -1.44. The van der Waals surface area contributed by atoms with Crippen molar-refractivity contribution in [2.75, 3.05) is 26.2 Å². The van der Waals surface area contributed by atoms with Gasteiger partial charge in [-0.1, -0.05) is 12.1 Å². The first-order valence-corrected chi connectivity index (χ1v) is 9.72. The maximum absolute atomic E-state index is 12.5. The molecule has 1 saturated heterocycles. The van der Waals surface area contributed by atoms with Gasteiger partial charge in [0.2, 0.25) is 15.9 Å². The predicted molar refractivity (Wildman–Crippen MR) is 92.3 cm³/mol. The largest absolute Gasteiger partial charge is 0.376 e. The third-order valence-corrected chi connectivity index (χ3v) is 5.80. The van der Waals surface area contributed by atoms with Crippen LogP contribution in [0.25, 0.3) is 0 Å². The Labute approximate surface area is 144 Å². The molecule has 1 atom stereocenters. The van der Waals surface area contributed by atoms with Crippen LogP contribution in [0.4, 0.5) is 0 Å².